The van der Waals surface area contributed by atoms with Crippen LogP contribution in [0.1, 0.15) is 18.9 Å². The van der Waals surface area contributed by atoms with Gasteiger partial charge in [0, 0.05) is 19.6 Å². The van der Waals surface area contributed by atoms with E-state index in [4.69, 9.17) is 0 Å². The van der Waals surface area contributed by atoms with Gasteiger partial charge in [0.05, 0.1) is 6.10 Å². The molecule has 0 fully saturated rings. The van der Waals surface area contributed by atoms with Crippen LogP contribution in [0, 0.1) is 0 Å². The van der Waals surface area contributed by atoms with Gasteiger partial charge in [-0.25, -0.2) is 0 Å². The van der Waals surface area contributed by atoms with Crippen molar-refractivity contribution in [3.8, 4) is 0 Å². The number of benzene rings is 1. The lowest BCUT2D eigenvalue weighted by molar-refractivity contribution is 0.116. The second-order valence-electron chi connectivity index (χ2n) is 4.35. The second-order valence-corrected chi connectivity index (χ2v) is 4.35. The van der Waals surface area contributed by atoms with E-state index in [1.165, 1.54) is 5.56 Å². The van der Waals surface area contributed by atoms with Gasteiger partial charge in [-0.1, -0.05) is 43.3 Å². The number of hydrogen-bond donors (Lipinski definition) is 1. The third-order valence-corrected chi connectivity index (χ3v) is 2.89. The first-order chi connectivity index (χ1) is 8.26. The van der Waals surface area contributed by atoms with Gasteiger partial charge in [-0.05, 0) is 18.4 Å². The fraction of sp³-hybridized carbons (Fsp3) is 0.467. The summed E-state index contributed by atoms with van der Waals surface area (Å²) in [5.41, 5.74) is 1.34. The molecule has 0 aromatic heterocycles. The van der Waals surface area contributed by atoms with Crippen molar-refractivity contribution in [1.82, 2.24) is 4.90 Å². The molecule has 1 aromatic carbocycles. The van der Waals surface area contributed by atoms with Crippen molar-refractivity contribution in [2.24, 2.45) is 0 Å². The highest BCUT2D eigenvalue weighted by Crippen LogP contribution is 2.03. The minimum Gasteiger partial charge on any atom is -0.392 e. The van der Waals surface area contributed by atoms with Gasteiger partial charge in [0.2, 0.25) is 0 Å². The van der Waals surface area contributed by atoms with E-state index in [1.807, 2.05) is 19.1 Å². The van der Waals surface area contributed by atoms with E-state index in [1.54, 1.807) is 0 Å². The summed E-state index contributed by atoms with van der Waals surface area (Å²) in [5, 5.41) is 9.68. The van der Waals surface area contributed by atoms with Crippen molar-refractivity contribution < 1.29 is 5.11 Å². The van der Waals surface area contributed by atoms with Crippen molar-refractivity contribution in [1.29, 1.82) is 0 Å². The number of hydrogen-bond acceptors (Lipinski definition) is 2. The molecule has 1 aromatic rings. The minimum absolute atomic E-state index is 0.231. The van der Waals surface area contributed by atoms with Gasteiger partial charge in [0.25, 0.3) is 0 Å². The summed E-state index contributed by atoms with van der Waals surface area (Å²) in [5.74, 6) is 0. The van der Waals surface area contributed by atoms with Gasteiger partial charge in [0.1, 0.15) is 0 Å². The first-order valence-electron chi connectivity index (χ1n) is 6.31. The molecule has 0 amide bonds. The van der Waals surface area contributed by atoms with Crippen LogP contribution in [0.15, 0.2) is 43.0 Å². The Kier molecular flexibility index (Phi) is 6.60. The predicted octanol–water partition coefficient (Wildman–Crippen LogP) is 2.49. The largest absolute Gasteiger partial charge is 0.392 e. The van der Waals surface area contributed by atoms with E-state index in [0.29, 0.717) is 0 Å². The third-order valence-electron chi connectivity index (χ3n) is 2.89. The predicted molar refractivity (Wildman–Crippen MR) is 73.1 cm³/mol. The molecule has 17 heavy (non-hydrogen) atoms. The van der Waals surface area contributed by atoms with E-state index in [-0.39, 0.29) is 6.10 Å². The second kappa shape index (κ2) is 8.04. The van der Waals surface area contributed by atoms with Crippen molar-refractivity contribution in [2.75, 3.05) is 19.6 Å². The molecule has 0 saturated carbocycles. The van der Waals surface area contributed by atoms with Gasteiger partial charge in [-0.3, -0.25) is 4.90 Å². The summed E-state index contributed by atoms with van der Waals surface area (Å²) in [6.45, 7) is 8.31. The molecule has 0 heterocycles. The van der Waals surface area contributed by atoms with Crippen LogP contribution in [0.5, 0.6) is 0 Å². The van der Waals surface area contributed by atoms with Gasteiger partial charge in [-0.15, -0.1) is 6.58 Å². The molecule has 0 saturated heterocycles. The number of aliphatic hydroxyl groups is 1. The summed E-state index contributed by atoms with van der Waals surface area (Å²) in [6.07, 6.45) is 3.49. The molecule has 0 aliphatic rings. The maximum atomic E-state index is 9.68. The van der Waals surface area contributed by atoms with Gasteiger partial charge >= 0.3 is 0 Å². The topological polar surface area (TPSA) is 23.5 Å². The fourth-order valence-electron chi connectivity index (χ4n) is 1.80. The van der Waals surface area contributed by atoms with Crippen LogP contribution in [0.4, 0.5) is 0 Å². The van der Waals surface area contributed by atoms with E-state index < -0.39 is 0 Å². The summed E-state index contributed by atoms with van der Waals surface area (Å²) in [4.78, 5) is 2.24. The van der Waals surface area contributed by atoms with Crippen LogP contribution in [0.2, 0.25) is 0 Å². The highest BCUT2D eigenvalue weighted by molar-refractivity contribution is 5.14. The van der Waals surface area contributed by atoms with E-state index in [2.05, 4.69) is 35.7 Å². The molecular formula is C15H23NO. The molecule has 1 N–H and O–H groups in total. The van der Waals surface area contributed by atoms with E-state index in [0.717, 1.165) is 32.5 Å². The fourth-order valence-corrected chi connectivity index (χ4v) is 1.80. The number of rotatable bonds is 8. The maximum absolute atomic E-state index is 9.68. The molecule has 0 radical (unpaired) electrons. The Morgan fingerprint density at radius 1 is 1.35 bits per heavy atom. The van der Waals surface area contributed by atoms with Crippen LogP contribution >= 0.6 is 0 Å². The molecule has 0 aliphatic heterocycles. The molecule has 2 nitrogen and oxygen atoms in total. The maximum Gasteiger partial charge on any atom is 0.0664 e. The smallest absolute Gasteiger partial charge is 0.0664 e. The van der Waals surface area contributed by atoms with Gasteiger partial charge in [-0.2, -0.15) is 0 Å². The SMILES string of the molecule is C=CCN(CCc1ccccc1)CC(O)CC. The molecule has 0 spiro atoms. The molecular weight excluding hydrogens is 210 g/mol. The highest BCUT2D eigenvalue weighted by Gasteiger charge is 2.08. The van der Waals surface area contributed by atoms with Crippen molar-refractivity contribution >= 4 is 0 Å². The Balaban J connectivity index is 2.41. The summed E-state index contributed by atoms with van der Waals surface area (Å²) in [6, 6.07) is 10.4. The van der Waals surface area contributed by atoms with Crippen molar-refractivity contribution in [3.05, 3.63) is 48.6 Å². The first-order valence-corrected chi connectivity index (χ1v) is 6.31. The Labute approximate surface area is 105 Å². The average Bonchev–Trinajstić information content (AvgIpc) is 2.37. The Hall–Kier alpha value is -1.12. The van der Waals surface area contributed by atoms with Crippen molar-refractivity contribution in [3.63, 3.8) is 0 Å². The number of aliphatic hydroxyl groups excluding tert-OH is 1. The zero-order valence-electron chi connectivity index (χ0n) is 10.7. The molecule has 1 unspecified atom stereocenters. The third kappa shape index (κ3) is 5.66. The van der Waals surface area contributed by atoms with Crippen LogP contribution in [0.25, 0.3) is 0 Å². The lowest BCUT2D eigenvalue weighted by Crippen LogP contribution is -2.33. The van der Waals surface area contributed by atoms with Crippen LogP contribution < -0.4 is 0 Å². The quantitative estimate of drug-likeness (QED) is 0.697. The zero-order valence-corrected chi connectivity index (χ0v) is 10.7. The first kappa shape index (κ1) is 13.9. The zero-order chi connectivity index (χ0) is 12.5. The molecule has 1 rings (SSSR count). The average molecular weight is 233 g/mol. The van der Waals surface area contributed by atoms with Crippen LogP contribution in [0.3, 0.4) is 0 Å². The Morgan fingerprint density at radius 2 is 2.06 bits per heavy atom. The summed E-state index contributed by atoms with van der Waals surface area (Å²) < 4.78 is 0. The Morgan fingerprint density at radius 3 is 2.65 bits per heavy atom. The lowest BCUT2D eigenvalue weighted by Gasteiger charge is -2.23. The minimum atomic E-state index is -0.231. The summed E-state index contributed by atoms with van der Waals surface area (Å²) >= 11 is 0. The molecule has 0 bridgehead atoms. The van der Waals surface area contributed by atoms with E-state index >= 15 is 0 Å². The standard InChI is InChI=1S/C15H23NO/c1-3-11-16(13-15(17)4-2)12-10-14-8-6-5-7-9-14/h3,5-9,15,17H,1,4,10-13H2,2H3. The van der Waals surface area contributed by atoms with E-state index in [9.17, 15) is 5.11 Å². The van der Waals surface area contributed by atoms with Crippen LogP contribution in [-0.2, 0) is 6.42 Å². The van der Waals surface area contributed by atoms with Crippen molar-refractivity contribution in [2.45, 2.75) is 25.9 Å². The molecule has 1 atom stereocenters. The van der Waals surface area contributed by atoms with Crippen LogP contribution in [-0.4, -0.2) is 35.7 Å². The monoisotopic (exact) mass is 233 g/mol. The van der Waals surface area contributed by atoms with Gasteiger partial charge < -0.3 is 5.11 Å². The number of nitrogens with zero attached hydrogens (tertiary/aromatic N) is 1. The normalized spacial score (nSPS) is 12.6. The molecule has 0 aliphatic carbocycles. The Bertz CT molecular complexity index is 310. The summed E-state index contributed by atoms with van der Waals surface area (Å²) in [7, 11) is 0. The molecule has 94 valence electrons. The highest BCUT2D eigenvalue weighted by atomic mass is 16.3. The molecule has 2 heteroatoms. The lowest BCUT2D eigenvalue weighted by atomic mass is 10.1. The van der Waals surface area contributed by atoms with Gasteiger partial charge in [0.15, 0.2) is 0 Å².